The van der Waals surface area contributed by atoms with Gasteiger partial charge in [0, 0.05) is 24.3 Å². The lowest BCUT2D eigenvalue weighted by molar-refractivity contribution is 0.491. The van der Waals surface area contributed by atoms with Crippen LogP contribution in [0.1, 0.15) is 25.3 Å². The molecule has 1 aromatic carbocycles. The average molecular weight is 328 g/mol. The van der Waals surface area contributed by atoms with Crippen molar-refractivity contribution in [2.75, 3.05) is 0 Å². The second-order valence-electron chi connectivity index (χ2n) is 6.69. The molecule has 0 bridgehead atoms. The van der Waals surface area contributed by atoms with E-state index in [-0.39, 0.29) is 12.1 Å². The number of rotatable bonds is 3. The Morgan fingerprint density at radius 1 is 1.29 bits per heavy atom. The highest BCUT2D eigenvalue weighted by atomic mass is 19.1. The number of nitrogens with zero attached hydrogens (tertiary/aromatic N) is 4. The minimum atomic E-state index is -0.454. The summed E-state index contributed by atoms with van der Waals surface area (Å²) in [5.41, 5.74) is -0.0209. The van der Waals surface area contributed by atoms with E-state index in [2.05, 4.69) is 5.10 Å². The van der Waals surface area contributed by atoms with Gasteiger partial charge in [-0.3, -0.25) is 18.6 Å². The number of benzene rings is 1. The van der Waals surface area contributed by atoms with Crippen LogP contribution in [0, 0.1) is 5.82 Å². The summed E-state index contributed by atoms with van der Waals surface area (Å²) in [5, 5.41) is 4.43. The molecule has 3 aromatic rings. The van der Waals surface area contributed by atoms with E-state index in [0.717, 1.165) is 18.4 Å². The van der Waals surface area contributed by atoms with Crippen molar-refractivity contribution in [2.24, 2.45) is 7.05 Å². The SMILES string of the molecule is Cn1cc(Cn2c(=O)c3ccc(F)cc3n(C3(C)CC3)c2=O)cn1. The molecule has 2 aromatic heterocycles. The number of aryl methyl sites for hydroxylation is 1. The average Bonchev–Trinajstić information content (AvgIpc) is 3.12. The van der Waals surface area contributed by atoms with Gasteiger partial charge in [0.25, 0.3) is 5.56 Å². The lowest BCUT2D eigenvalue weighted by atomic mass is 10.2. The smallest absolute Gasteiger partial charge is 0.287 e. The summed E-state index contributed by atoms with van der Waals surface area (Å²) < 4.78 is 18.1. The van der Waals surface area contributed by atoms with Crippen LogP contribution >= 0.6 is 0 Å². The predicted molar refractivity (Wildman–Crippen MR) is 87.6 cm³/mol. The molecule has 0 amide bonds. The molecular weight excluding hydrogens is 311 g/mol. The van der Waals surface area contributed by atoms with Gasteiger partial charge < -0.3 is 0 Å². The Bertz CT molecular complexity index is 1070. The van der Waals surface area contributed by atoms with Gasteiger partial charge >= 0.3 is 5.69 Å². The van der Waals surface area contributed by atoms with Gasteiger partial charge in [-0.1, -0.05) is 0 Å². The van der Waals surface area contributed by atoms with E-state index >= 15 is 0 Å². The Balaban J connectivity index is 2.02. The van der Waals surface area contributed by atoms with Crippen molar-refractivity contribution in [3.63, 3.8) is 0 Å². The molecule has 0 aliphatic heterocycles. The summed E-state index contributed by atoms with van der Waals surface area (Å²) >= 11 is 0. The zero-order valence-corrected chi connectivity index (χ0v) is 13.5. The van der Waals surface area contributed by atoms with E-state index in [0.29, 0.717) is 10.9 Å². The lowest BCUT2D eigenvalue weighted by Crippen LogP contribution is -2.43. The van der Waals surface area contributed by atoms with Crippen LogP contribution in [0.5, 0.6) is 0 Å². The molecule has 1 fully saturated rings. The molecule has 124 valence electrons. The number of fused-ring (bicyclic) bond motifs is 1. The molecule has 0 unspecified atom stereocenters. The molecule has 7 heteroatoms. The van der Waals surface area contributed by atoms with Crippen molar-refractivity contribution in [3.8, 4) is 0 Å². The number of hydrogen-bond donors (Lipinski definition) is 0. The van der Waals surface area contributed by atoms with Crippen LogP contribution in [-0.4, -0.2) is 18.9 Å². The molecule has 0 atom stereocenters. The third-order valence-electron chi connectivity index (χ3n) is 4.71. The first kappa shape index (κ1) is 14.9. The molecule has 4 rings (SSSR count). The minimum Gasteiger partial charge on any atom is -0.287 e. The van der Waals surface area contributed by atoms with Gasteiger partial charge in [-0.2, -0.15) is 5.10 Å². The maximum Gasteiger partial charge on any atom is 0.332 e. The van der Waals surface area contributed by atoms with E-state index in [1.165, 1.54) is 22.8 Å². The molecule has 0 spiro atoms. The fourth-order valence-electron chi connectivity index (χ4n) is 3.13. The van der Waals surface area contributed by atoms with E-state index in [9.17, 15) is 14.0 Å². The van der Waals surface area contributed by atoms with Gasteiger partial charge in [0.05, 0.1) is 23.6 Å². The second kappa shape index (κ2) is 4.90. The summed E-state index contributed by atoms with van der Waals surface area (Å²) in [6, 6.07) is 3.98. The summed E-state index contributed by atoms with van der Waals surface area (Å²) in [7, 11) is 1.78. The fourth-order valence-corrected chi connectivity index (χ4v) is 3.13. The first-order valence-electron chi connectivity index (χ1n) is 7.82. The Morgan fingerprint density at radius 2 is 2.04 bits per heavy atom. The van der Waals surface area contributed by atoms with Crippen LogP contribution in [0.25, 0.3) is 10.9 Å². The number of hydrogen-bond acceptors (Lipinski definition) is 3. The predicted octanol–water partition coefficient (Wildman–Crippen LogP) is 1.59. The van der Waals surface area contributed by atoms with Crippen LogP contribution in [0.15, 0.2) is 40.2 Å². The van der Waals surface area contributed by atoms with Crippen molar-refractivity contribution in [2.45, 2.75) is 31.8 Å². The highest BCUT2D eigenvalue weighted by Crippen LogP contribution is 2.43. The van der Waals surface area contributed by atoms with E-state index in [1.807, 2.05) is 6.92 Å². The van der Waals surface area contributed by atoms with Gasteiger partial charge in [0.15, 0.2) is 0 Å². The molecule has 1 saturated carbocycles. The van der Waals surface area contributed by atoms with E-state index in [4.69, 9.17) is 0 Å². The summed E-state index contributed by atoms with van der Waals surface area (Å²) in [4.78, 5) is 25.8. The Hall–Kier alpha value is -2.70. The van der Waals surface area contributed by atoms with Crippen LogP contribution in [0.4, 0.5) is 4.39 Å². The third-order valence-corrected chi connectivity index (χ3v) is 4.71. The highest BCUT2D eigenvalue weighted by molar-refractivity contribution is 5.78. The van der Waals surface area contributed by atoms with Crippen LogP contribution in [0.2, 0.25) is 0 Å². The normalized spacial score (nSPS) is 15.8. The van der Waals surface area contributed by atoms with Gasteiger partial charge in [0.1, 0.15) is 5.82 Å². The van der Waals surface area contributed by atoms with Crippen molar-refractivity contribution in [1.82, 2.24) is 18.9 Å². The topological polar surface area (TPSA) is 61.8 Å². The Morgan fingerprint density at radius 3 is 2.67 bits per heavy atom. The fraction of sp³-hybridized carbons (Fsp3) is 0.353. The van der Waals surface area contributed by atoms with Crippen molar-refractivity contribution >= 4 is 10.9 Å². The largest absolute Gasteiger partial charge is 0.332 e. The molecule has 1 aliphatic rings. The van der Waals surface area contributed by atoms with E-state index < -0.39 is 17.1 Å². The second-order valence-corrected chi connectivity index (χ2v) is 6.69. The maximum absolute atomic E-state index is 13.7. The van der Waals surface area contributed by atoms with E-state index in [1.54, 1.807) is 28.7 Å². The maximum atomic E-state index is 13.7. The zero-order valence-electron chi connectivity index (χ0n) is 13.5. The molecule has 1 aliphatic carbocycles. The van der Waals surface area contributed by atoms with Crippen molar-refractivity contribution in [3.05, 3.63) is 62.8 Å². The first-order valence-corrected chi connectivity index (χ1v) is 7.82. The van der Waals surface area contributed by atoms with Crippen LogP contribution in [-0.2, 0) is 19.1 Å². The first-order chi connectivity index (χ1) is 11.4. The molecule has 0 radical (unpaired) electrons. The zero-order chi connectivity index (χ0) is 17.1. The molecule has 6 nitrogen and oxygen atoms in total. The van der Waals surface area contributed by atoms with Crippen LogP contribution < -0.4 is 11.2 Å². The monoisotopic (exact) mass is 328 g/mol. The minimum absolute atomic E-state index is 0.148. The molecule has 0 N–H and O–H groups in total. The summed E-state index contributed by atoms with van der Waals surface area (Å²) in [6.45, 7) is 2.10. The lowest BCUT2D eigenvalue weighted by Gasteiger charge is -2.19. The standard InChI is InChI=1S/C17H17FN4O2/c1-17(5-6-17)22-14-7-12(18)3-4-13(14)15(23)21(16(22)24)10-11-8-19-20(2)9-11/h3-4,7-9H,5-6,10H2,1-2H3. The third kappa shape index (κ3) is 2.19. The quantitative estimate of drug-likeness (QED) is 0.733. The Kier molecular flexibility index (Phi) is 3.03. The van der Waals surface area contributed by atoms with Crippen molar-refractivity contribution < 1.29 is 4.39 Å². The molecular formula is C17H17FN4O2. The molecule has 24 heavy (non-hydrogen) atoms. The van der Waals surface area contributed by atoms with Crippen LogP contribution in [0.3, 0.4) is 0 Å². The van der Waals surface area contributed by atoms with Crippen molar-refractivity contribution in [1.29, 1.82) is 0 Å². The van der Waals surface area contributed by atoms with Gasteiger partial charge in [-0.15, -0.1) is 0 Å². The molecule has 2 heterocycles. The Labute approximate surface area is 136 Å². The number of halogens is 1. The number of aromatic nitrogens is 4. The van der Waals surface area contributed by atoms with Gasteiger partial charge in [0.2, 0.25) is 0 Å². The summed E-state index contributed by atoms with van der Waals surface area (Å²) in [6.07, 6.45) is 5.07. The molecule has 0 saturated heterocycles. The summed E-state index contributed by atoms with van der Waals surface area (Å²) in [5.74, 6) is -0.454. The van der Waals surface area contributed by atoms with Gasteiger partial charge in [-0.05, 0) is 38.0 Å². The van der Waals surface area contributed by atoms with Gasteiger partial charge in [-0.25, -0.2) is 9.18 Å². The highest BCUT2D eigenvalue weighted by Gasteiger charge is 2.42.